The molecule has 6 nitrogen and oxygen atoms in total. The number of anilines is 2. The van der Waals surface area contributed by atoms with Crippen LogP contribution in [0.3, 0.4) is 0 Å². The fourth-order valence-corrected chi connectivity index (χ4v) is 3.77. The summed E-state index contributed by atoms with van der Waals surface area (Å²) in [5.41, 5.74) is 2.29. The van der Waals surface area contributed by atoms with Gasteiger partial charge in [-0.15, -0.1) is 5.10 Å². The Balaban J connectivity index is 1.65. The van der Waals surface area contributed by atoms with E-state index in [-0.39, 0.29) is 0 Å². The van der Waals surface area contributed by atoms with Crippen LogP contribution in [0, 0.1) is 6.92 Å². The summed E-state index contributed by atoms with van der Waals surface area (Å²) in [6.45, 7) is 7.42. The number of halogens is 3. The third-order valence-electron chi connectivity index (χ3n) is 5.71. The van der Waals surface area contributed by atoms with Crippen LogP contribution in [0.4, 0.5) is 24.7 Å². The molecule has 3 aromatic rings. The Bertz CT molecular complexity index is 1080. The highest BCUT2D eigenvalue weighted by Crippen LogP contribution is 2.32. The first kappa shape index (κ1) is 21.3. The summed E-state index contributed by atoms with van der Waals surface area (Å²) in [4.78, 5) is 9.18. The summed E-state index contributed by atoms with van der Waals surface area (Å²) in [5.74, 6) is 0.508. The molecule has 1 aliphatic heterocycles. The first-order valence-corrected chi connectivity index (χ1v) is 10.2. The van der Waals surface area contributed by atoms with Crippen molar-refractivity contribution in [1.82, 2.24) is 20.1 Å². The van der Waals surface area contributed by atoms with Crippen LogP contribution in [0.5, 0.6) is 0 Å². The maximum Gasteiger partial charge on any atom is 0.416 e. The minimum atomic E-state index is -4.38. The Morgan fingerprint density at radius 3 is 2.52 bits per heavy atom. The maximum atomic E-state index is 13.1. The fraction of sp³-hybridized carbons (Fsp3) is 0.409. The number of aromatic nitrogens is 3. The predicted octanol–water partition coefficient (Wildman–Crippen LogP) is 4.28. The van der Waals surface area contributed by atoms with Crippen molar-refractivity contribution in [1.29, 1.82) is 0 Å². The third-order valence-corrected chi connectivity index (χ3v) is 5.71. The molecule has 31 heavy (non-hydrogen) atoms. The van der Waals surface area contributed by atoms with Gasteiger partial charge in [0.25, 0.3) is 0 Å². The van der Waals surface area contributed by atoms with E-state index in [0.717, 1.165) is 54.9 Å². The van der Waals surface area contributed by atoms with Gasteiger partial charge < -0.3 is 15.1 Å². The Morgan fingerprint density at radius 2 is 1.81 bits per heavy atom. The lowest BCUT2D eigenvalue weighted by atomic mass is 10.0. The summed E-state index contributed by atoms with van der Waals surface area (Å²) in [5, 5.41) is 12.5. The molecule has 1 atom stereocenters. The van der Waals surface area contributed by atoms with Gasteiger partial charge in [-0.25, -0.2) is 0 Å². The smallest absolute Gasteiger partial charge is 0.368 e. The summed E-state index contributed by atoms with van der Waals surface area (Å²) >= 11 is 0. The molecule has 4 rings (SSSR count). The lowest BCUT2D eigenvalue weighted by Crippen LogP contribution is -2.44. The number of benzene rings is 1. The number of likely N-dealkylation sites (N-methyl/N-ethyl adjacent to an activating group) is 1. The molecule has 0 saturated carbocycles. The molecule has 1 N–H and O–H groups in total. The number of nitrogens with zero attached hydrogens (tertiary/aromatic N) is 5. The van der Waals surface area contributed by atoms with Gasteiger partial charge in [0.1, 0.15) is 0 Å². The molecule has 0 radical (unpaired) electrons. The molecular weight excluding hydrogens is 405 g/mol. The summed E-state index contributed by atoms with van der Waals surface area (Å²) < 4.78 is 39.3. The van der Waals surface area contributed by atoms with Gasteiger partial charge in [0.05, 0.1) is 34.7 Å². The lowest BCUT2D eigenvalue weighted by Gasteiger charge is -2.34. The first-order chi connectivity index (χ1) is 14.7. The van der Waals surface area contributed by atoms with E-state index in [2.05, 4.69) is 37.3 Å². The maximum absolute atomic E-state index is 13.1. The molecule has 1 aromatic carbocycles. The Labute approximate surface area is 179 Å². The molecule has 1 saturated heterocycles. The fourth-order valence-electron chi connectivity index (χ4n) is 3.77. The number of pyridine rings is 1. The number of hydrogen-bond acceptors (Lipinski definition) is 6. The van der Waals surface area contributed by atoms with Crippen molar-refractivity contribution < 1.29 is 13.2 Å². The summed E-state index contributed by atoms with van der Waals surface area (Å²) in [7, 11) is 2.10. The van der Waals surface area contributed by atoms with Crippen LogP contribution in [0.1, 0.15) is 29.8 Å². The quantitative estimate of drug-likeness (QED) is 0.667. The van der Waals surface area contributed by atoms with Crippen LogP contribution < -0.4 is 10.2 Å². The van der Waals surface area contributed by atoms with E-state index in [9.17, 15) is 13.2 Å². The molecule has 0 amide bonds. The van der Waals surface area contributed by atoms with Crippen molar-refractivity contribution in [2.24, 2.45) is 0 Å². The Morgan fingerprint density at radius 1 is 1.06 bits per heavy atom. The van der Waals surface area contributed by atoms with Gasteiger partial charge in [-0.1, -0.05) is 12.1 Å². The zero-order valence-corrected chi connectivity index (χ0v) is 17.7. The van der Waals surface area contributed by atoms with Crippen LogP contribution in [-0.4, -0.2) is 53.3 Å². The molecule has 0 aliphatic carbocycles. The molecule has 2 aromatic heterocycles. The number of fused-ring (bicyclic) bond motifs is 1. The van der Waals surface area contributed by atoms with E-state index in [1.54, 1.807) is 13.0 Å². The zero-order valence-electron chi connectivity index (χ0n) is 17.7. The molecule has 1 fully saturated rings. The molecule has 0 spiro atoms. The predicted molar refractivity (Wildman–Crippen MR) is 115 cm³/mol. The minimum absolute atomic E-state index is 0.394. The van der Waals surface area contributed by atoms with Gasteiger partial charge in [-0.2, -0.15) is 18.3 Å². The van der Waals surface area contributed by atoms with Gasteiger partial charge in [0.15, 0.2) is 5.82 Å². The number of piperazine rings is 1. The van der Waals surface area contributed by atoms with Gasteiger partial charge >= 0.3 is 6.18 Å². The van der Waals surface area contributed by atoms with Crippen molar-refractivity contribution in [3.05, 3.63) is 53.3 Å². The molecule has 1 aliphatic rings. The van der Waals surface area contributed by atoms with Gasteiger partial charge in [0.2, 0.25) is 0 Å². The second-order valence-corrected chi connectivity index (χ2v) is 8.00. The SMILES string of the molecule is Cc1nnc(N[C@H](C)c2cccc(C(F)(F)F)c2)c2cc(N3CCN(C)CC3)cnc12. The van der Waals surface area contributed by atoms with Gasteiger partial charge in [-0.05, 0) is 44.7 Å². The minimum Gasteiger partial charge on any atom is -0.368 e. The van der Waals surface area contributed by atoms with Crippen molar-refractivity contribution >= 4 is 22.4 Å². The van der Waals surface area contributed by atoms with Crippen molar-refractivity contribution in [2.75, 3.05) is 43.4 Å². The molecule has 0 unspecified atom stereocenters. The monoisotopic (exact) mass is 430 g/mol. The highest BCUT2D eigenvalue weighted by atomic mass is 19.4. The lowest BCUT2D eigenvalue weighted by molar-refractivity contribution is -0.137. The standard InChI is InChI=1S/C22H25F3N6/c1-14(16-5-4-6-17(11-16)22(23,24)25)27-21-19-12-18(31-9-7-30(3)8-10-31)13-26-20(19)15(2)28-29-21/h4-6,11-14H,7-10H2,1-3H3,(H,27,29)/t14-/m1/s1. The first-order valence-electron chi connectivity index (χ1n) is 10.2. The van der Waals surface area contributed by atoms with Crippen molar-refractivity contribution in [3.8, 4) is 0 Å². The molecule has 164 valence electrons. The van der Waals surface area contributed by atoms with Crippen LogP contribution in [0.2, 0.25) is 0 Å². The number of alkyl halides is 3. The van der Waals surface area contributed by atoms with E-state index in [0.29, 0.717) is 17.1 Å². The topological polar surface area (TPSA) is 57.2 Å². The highest BCUT2D eigenvalue weighted by molar-refractivity contribution is 5.92. The molecular formula is C22H25F3N6. The van der Waals surface area contributed by atoms with Crippen molar-refractivity contribution in [2.45, 2.75) is 26.1 Å². The average molecular weight is 430 g/mol. The van der Waals surface area contributed by atoms with E-state index in [4.69, 9.17) is 0 Å². The van der Waals surface area contributed by atoms with Crippen LogP contribution in [-0.2, 0) is 6.18 Å². The molecule has 9 heteroatoms. The van der Waals surface area contributed by atoms with E-state index in [1.165, 1.54) is 6.07 Å². The molecule has 0 bridgehead atoms. The van der Waals surface area contributed by atoms with Gasteiger partial charge in [0, 0.05) is 31.6 Å². The second-order valence-electron chi connectivity index (χ2n) is 8.00. The number of hydrogen-bond donors (Lipinski definition) is 1. The largest absolute Gasteiger partial charge is 0.416 e. The van der Waals surface area contributed by atoms with Gasteiger partial charge in [-0.3, -0.25) is 4.98 Å². The van der Waals surface area contributed by atoms with E-state index >= 15 is 0 Å². The highest BCUT2D eigenvalue weighted by Gasteiger charge is 2.30. The van der Waals surface area contributed by atoms with E-state index in [1.807, 2.05) is 19.2 Å². The Hall–Kier alpha value is -2.94. The van der Waals surface area contributed by atoms with E-state index < -0.39 is 17.8 Å². The normalized spacial score (nSPS) is 16.5. The molecule has 3 heterocycles. The van der Waals surface area contributed by atoms with Crippen molar-refractivity contribution in [3.63, 3.8) is 0 Å². The third kappa shape index (κ3) is 4.56. The summed E-state index contributed by atoms with van der Waals surface area (Å²) in [6, 6.07) is 6.97. The Kier molecular flexibility index (Phi) is 5.70. The number of aryl methyl sites for hydroxylation is 1. The van der Waals surface area contributed by atoms with Crippen LogP contribution in [0.25, 0.3) is 10.9 Å². The number of nitrogens with one attached hydrogen (secondary N) is 1. The second kappa shape index (κ2) is 8.30. The zero-order chi connectivity index (χ0) is 22.2. The number of rotatable bonds is 4. The average Bonchev–Trinajstić information content (AvgIpc) is 2.75. The van der Waals surface area contributed by atoms with Crippen LogP contribution >= 0.6 is 0 Å². The summed E-state index contributed by atoms with van der Waals surface area (Å²) in [6.07, 6.45) is -2.53. The van der Waals surface area contributed by atoms with Crippen LogP contribution in [0.15, 0.2) is 36.5 Å².